The molecule has 2 aliphatic heterocycles. The second-order valence-electron chi connectivity index (χ2n) is 8.66. The van der Waals surface area contributed by atoms with Crippen LogP contribution in [0.15, 0.2) is 30.6 Å². The summed E-state index contributed by atoms with van der Waals surface area (Å²) in [6, 6.07) is 1.98. The number of benzene rings is 1. The Morgan fingerprint density at radius 3 is 2.56 bits per heavy atom. The van der Waals surface area contributed by atoms with Crippen LogP contribution in [0, 0.1) is 5.82 Å². The van der Waals surface area contributed by atoms with E-state index in [9.17, 15) is 22.4 Å². The van der Waals surface area contributed by atoms with Crippen molar-refractivity contribution in [2.24, 2.45) is 0 Å². The topological polar surface area (TPSA) is 58.6 Å². The van der Waals surface area contributed by atoms with Gasteiger partial charge in [0.25, 0.3) is 5.91 Å². The average molecular weight is 450 g/mol. The Bertz CT molecular complexity index is 1010. The molecule has 1 aromatic heterocycles. The lowest BCUT2D eigenvalue weighted by Gasteiger charge is -2.37. The van der Waals surface area contributed by atoms with E-state index in [0.717, 1.165) is 24.6 Å². The molecule has 1 aromatic carbocycles. The van der Waals surface area contributed by atoms with Crippen molar-refractivity contribution in [2.75, 3.05) is 26.2 Å². The Morgan fingerprint density at radius 2 is 1.88 bits per heavy atom. The number of hydrogen-bond donors (Lipinski definition) is 0. The Labute approximate surface area is 182 Å². The summed E-state index contributed by atoms with van der Waals surface area (Å²) in [5.41, 5.74) is -0.466. The molecule has 6 nitrogen and oxygen atoms in total. The van der Waals surface area contributed by atoms with Gasteiger partial charge in [-0.05, 0) is 31.0 Å². The van der Waals surface area contributed by atoms with Crippen LogP contribution in [0.25, 0.3) is 0 Å². The van der Waals surface area contributed by atoms with Crippen molar-refractivity contribution < 1.29 is 27.1 Å². The summed E-state index contributed by atoms with van der Waals surface area (Å²) in [5, 5.41) is 0. The van der Waals surface area contributed by atoms with Crippen LogP contribution < -0.4 is 4.74 Å². The van der Waals surface area contributed by atoms with E-state index in [1.54, 1.807) is 12.4 Å². The predicted octanol–water partition coefficient (Wildman–Crippen LogP) is 3.49. The number of halogens is 4. The third kappa shape index (κ3) is 4.41. The summed E-state index contributed by atoms with van der Waals surface area (Å²) in [5.74, 6) is -0.692. The summed E-state index contributed by atoms with van der Waals surface area (Å²) in [7, 11) is 0. The number of aromatic nitrogens is 2. The van der Waals surface area contributed by atoms with Crippen molar-refractivity contribution >= 4 is 5.91 Å². The molecule has 0 radical (unpaired) electrons. The van der Waals surface area contributed by atoms with Crippen molar-refractivity contribution in [3.8, 4) is 5.88 Å². The van der Waals surface area contributed by atoms with Gasteiger partial charge in [-0.2, -0.15) is 13.2 Å². The summed E-state index contributed by atoms with van der Waals surface area (Å²) >= 11 is 0. The fraction of sp³-hybridized carbons (Fsp3) is 0.500. The van der Waals surface area contributed by atoms with E-state index >= 15 is 0 Å². The Hall–Kier alpha value is -2.75. The van der Waals surface area contributed by atoms with Crippen molar-refractivity contribution in [2.45, 2.75) is 43.5 Å². The first-order chi connectivity index (χ1) is 15.3. The van der Waals surface area contributed by atoms with Crippen molar-refractivity contribution in [1.29, 1.82) is 0 Å². The van der Waals surface area contributed by atoms with Gasteiger partial charge in [-0.3, -0.25) is 14.7 Å². The number of ether oxygens (including phenoxy) is 1. The van der Waals surface area contributed by atoms with E-state index in [1.165, 1.54) is 4.90 Å². The van der Waals surface area contributed by atoms with Gasteiger partial charge in [0.1, 0.15) is 11.9 Å². The molecule has 170 valence electrons. The molecular weight excluding hydrogens is 428 g/mol. The maximum atomic E-state index is 13.7. The third-order valence-corrected chi connectivity index (χ3v) is 6.27. The van der Waals surface area contributed by atoms with E-state index in [4.69, 9.17) is 4.74 Å². The molecule has 0 unspecified atom stereocenters. The zero-order valence-electron chi connectivity index (χ0n) is 17.2. The fourth-order valence-corrected chi connectivity index (χ4v) is 4.47. The summed E-state index contributed by atoms with van der Waals surface area (Å²) in [6.45, 7) is 1.96. The van der Waals surface area contributed by atoms with Crippen LogP contribution >= 0.6 is 0 Å². The molecule has 3 fully saturated rings. The minimum atomic E-state index is -4.72. The largest absolute Gasteiger partial charge is 0.472 e. The Kier molecular flexibility index (Phi) is 5.27. The summed E-state index contributed by atoms with van der Waals surface area (Å²) < 4.78 is 58.7. The van der Waals surface area contributed by atoms with Gasteiger partial charge in [0.2, 0.25) is 5.88 Å². The van der Waals surface area contributed by atoms with Gasteiger partial charge in [0.15, 0.2) is 0 Å². The molecule has 3 heterocycles. The van der Waals surface area contributed by atoms with Gasteiger partial charge >= 0.3 is 6.18 Å². The normalized spacial score (nSPS) is 23.8. The monoisotopic (exact) mass is 450 g/mol. The van der Waals surface area contributed by atoms with Crippen LogP contribution in [-0.4, -0.2) is 64.0 Å². The first-order valence-electron chi connectivity index (χ1n) is 10.7. The SMILES string of the molecule is O=C(c1cc(F)cc(C(F)(F)F)c1)N1CCN2C[C@H](Oc3cnc(C4CC4)cn3)C[C@H]2C1. The molecule has 0 bridgehead atoms. The van der Waals surface area contributed by atoms with Crippen LogP contribution in [0.5, 0.6) is 5.88 Å². The first-order valence-corrected chi connectivity index (χ1v) is 10.7. The lowest BCUT2D eigenvalue weighted by molar-refractivity contribution is -0.137. The van der Waals surface area contributed by atoms with Gasteiger partial charge < -0.3 is 9.64 Å². The molecule has 1 saturated carbocycles. The Morgan fingerprint density at radius 1 is 1.06 bits per heavy atom. The maximum absolute atomic E-state index is 13.7. The molecule has 0 N–H and O–H groups in total. The molecule has 1 aliphatic carbocycles. The van der Waals surface area contributed by atoms with Crippen molar-refractivity contribution in [3.63, 3.8) is 0 Å². The lowest BCUT2D eigenvalue weighted by atomic mass is 10.1. The van der Waals surface area contributed by atoms with Crippen molar-refractivity contribution in [3.05, 3.63) is 53.2 Å². The van der Waals surface area contributed by atoms with Crippen molar-refractivity contribution in [1.82, 2.24) is 19.8 Å². The minimum absolute atomic E-state index is 0.0204. The molecule has 32 heavy (non-hydrogen) atoms. The van der Waals surface area contributed by atoms with Crippen LogP contribution in [0.4, 0.5) is 17.6 Å². The zero-order chi connectivity index (χ0) is 22.5. The third-order valence-electron chi connectivity index (χ3n) is 6.27. The molecule has 3 aliphatic rings. The van der Waals surface area contributed by atoms with Crippen LogP contribution in [0.1, 0.15) is 46.8 Å². The van der Waals surface area contributed by atoms with E-state index < -0.39 is 23.5 Å². The number of alkyl halides is 3. The molecule has 2 atom stereocenters. The number of rotatable bonds is 4. The van der Waals surface area contributed by atoms with Gasteiger partial charge in [-0.25, -0.2) is 9.37 Å². The van der Waals surface area contributed by atoms with E-state index in [-0.39, 0.29) is 17.7 Å². The van der Waals surface area contributed by atoms with Crippen LogP contribution in [-0.2, 0) is 6.18 Å². The zero-order valence-corrected chi connectivity index (χ0v) is 17.2. The molecule has 10 heteroatoms. The molecular formula is C22H22F4N4O2. The van der Waals surface area contributed by atoms with Gasteiger partial charge in [0.05, 0.1) is 23.7 Å². The molecule has 2 aromatic rings. The van der Waals surface area contributed by atoms with Gasteiger partial charge in [-0.15, -0.1) is 0 Å². The number of carbonyl (C=O) groups excluding carboxylic acids is 1. The highest BCUT2D eigenvalue weighted by Gasteiger charge is 2.39. The summed E-state index contributed by atoms with van der Waals surface area (Å²) in [6.07, 6.45) is 1.53. The highest BCUT2D eigenvalue weighted by Crippen LogP contribution is 2.38. The number of fused-ring (bicyclic) bond motifs is 1. The predicted molar refractivity (Wildman–Crippen MR) is 106 cm³/mol. The highest BCUT2D eigenvalue weighted by molar-refractivity contribution is 5.94. The average Bonchev–Trinajstić information content (AvgIpc) is 3.52. The molecule has 0 spiro atoms. The number of hydrogen-bond acceptors (Lipinski definition) is 5. The second kappa shape index (κ2) is 7.99. The Balaban J connectivity index is 1.22. The first kappa shape index (κ1) is 21.1. The molecule has 5 rings (SSSR count). The smallest absolute Gasteiger partial charge is 0.416 e. The highest BCUT2D eigenvalue weighted by atomic mass is 19.4. The number of nitrogens with zero attached hydrogens (tertiary/aromatic N) is 4. The number of piperazine rings is 1. The fourth-order valence-electron chi connectivity index (χ4n) is 4.47. The van der Waals surface area contributed by atoms with E-state index in [2.05, 4.69) is 14.9 Å². The molecule has 2 saturated heterocycles. The minimum Gasteiger partial charge on any atom is -0.472 e. The quantitative estimate of drug-likeness (QED) is 0.668. The van der Waals surface area contributed by atoms with Gasteiger partial charge in [-0.1, -0.05) is 0 Å². The lowest BCUT2D eigenvalue weighted by Crippen LogP contribution is -2.52. The van der Waals surface area contributed by atoms with E-state index in [1.807, 2.05) is 0 Å². The summed E-state index contributed by atoms with van der Waals surface area (Å²) in [4.78, 5) is 25.3. The van der Waals surface area contributed by atoms with Crippen LogP contribution in [0.2, 0.25) is 0 Å². The van der Waals surface area contributed by atoms with Crippen LogP contribution in [0.3, 0.4) is 0 Å². The number of carbonyl (C=O) groups is 1. The standard InChI is InChI=1S/C22H22F4N4O2/c23-16-6-14(5-15(7-16)22(24,25)26)21(31)30-4-3-29-12-18(8-17(29)11-30)32-20-10-27-19(9-28-20)13-1-2-13/h5-7,9-10,13,17-18H,1-4,8,11-12H2/t17-,18+/m0/s1. The number of amides is 1. The van der Waals surface area contributed by atoms with Gasteiger partial charge in [0, 0.05) is 50.1 Å². The second-order valence-corrected chi connectivity index (χ2v) is 8.66. The molecule has 1 amide bonds. The maximum Gasteiger partial charge on any atom is 0.416 e. The van der Waals surface area contributed by atoms with E-state index in [0.29, 0.717) is 56.5 Å².